The zero-order chi connectivity index (χ0) is 19.3. The summed E-state index contributed by atoms with van der Waals surface area (Å²) in [4.78, 5) is 24.0. The molecule has 27 heavy (non-hydrogen) atoms. The Labute approximate surface area is 151 Å². The van der Waals surface area contributed by atoms with Crippen LogP contribution in [0.15, 0.2) is 49.3 Å². The van der Waals surface area contributed by atoms with Crippen molar-refractivity contribution in [2.24, 2.45) is 0 Å². The lowest BCUT2D eigenvalue weighted by Gasteiger charge is -2.12. The van der Waals surface area contributed by atoms with Gasteiger partial charge in [-0.05, 0) is 23.8 Å². The maximum absolute atomic E-state index is 12.3. The number of carbonyl (C=O) groups excluding carboxylic acids is 1. The molecule has 11 heteroatoms. The summed E-state index contributed by atoms with van der Waals surface area (Å²) in [6, 6.07) is 6.19. The van der Waals surface area contributed by atoms with E-state index in [1.165, 1.54) is 35.7 Å². The van der Waals surface area contributed by atoms with Crippen molar-refractivity contribution >= 4 is 5.91 Å². The molecule has 0 aliphatic rings. The maximum Gasteiger partial charge on any atom is 0.422 e. The van der Waals surface area contributed by atoms with E-state index in [1.54, 1.807) is 18.3 Å². The van der Waals surface area contributed by atoms with Crippen LogP contribution in [0.3, 0.4) is 0 Å². The Morgan fingerprint density at radius 2 is 2.07 bits per heavy atom. The van der Waals surface area contributed by atoms with E-state index in [-0.39, 0.29) is 18.0 Å². The van der Waals surface area contributed by atoms with E-state index in [4.69, 9.17) is 0 Å². The van der Waals surface area contributed by atoms with Gasteiger partial charge in [0, 0.05) is 18.9 Å². The minimum Gasteiger partial charge on any atom is -0.467 e. The summed E-state index contributed by atoms with van der Waals surface area (Å²) in [5, 5.41) is 6.54. The largest absolute Gasteiger partial charge is 0.467 e. The average molecular weight is 378 g/mol. The van der Waals surface area contributed by atoms with Crippen molar-refractivity contribution in [1.29, 1.82) is 0 Å². The Balaban J connectivity index is 1.62. The van der Waals surface area contributed by atoms with Crippen LogP contribution in [0.5, 0.6) is 5.88 Å². The summed E-state index contributed by atoms with van der Waals surface area (Å²) >= 11 is 0. The van der Waals surface area contributed by atoms with Gasteiger partial charge >= 0.3 is 6.18 Å². The minimum atomic E-state index is -4.53. The van der Waals surface area contributed by atoms with E-state index >= 15 is 0 Å². The molecule has 0 saturated heterocycles. The smallest absolute Gasteiger partial charge is 0.422 e. The molecule has 3 rings (SSSR count). The standard InChI is InChI=1S/C16H13F3N6O2/c17-16(18,19)8-27-15-12(2-1-5-21-15)14(26)23-7-11-3-4-13(22-6-11)25-10-20-9-24-25/h1-6,9-10H,7-8H2,(H,23,26). The van der Waals surface area contributed by atoms with Crippen molar-refractivity contribution in [3.63, 3.8) is 0 Å². The Morgan fingerprint density at radius 1 is 1.22 bits per heavy atom. The van der Waals surface area contributed by atoms with Crippen molar-refractivity contribution in [2.75, 3.05) is 6.61 Å². The predicted molar refractivity (Wildman–Crippen MR) is 86.1 cm³/mol. The molecule has 0 aliphatic heterocycles. The fourth-order valence-electron chi connectivity index (χ4n) is 2.09. The fraction of sp³-hybridized carbons (Fsp3) is 0.188. The van der Waals surface area contributed by atoms with Gasteiger partial charge in [0.05, 0.1) is 0 Å². The van der Waals surface area contributed by atoms with Gasteiger partial charge in [-0.1, -0.05) is 6.07 Å². The van der Waals surface area contributed by atoms with E-state index < -0.39 is 18.7 Å². The molecule has 0 bridgehead atoms. The van der Waals surface area contributed by atoms with Gasteiger partial charge in [0.2, 0.25) is 5.88 Å². The third-order valence-electron chi connectivity index (χ3n) is 3.30. The first-order valence-electron chi connectivity index (χ1n) is 7.65. The van der Waals surface area contributed by atoms with Gasteiger partial charge in [0.1, 0.15) is 18.2 Å². The number of hydrogen-bond donors (Lipinski definition) is 1. The molecule has 3 aromatic rings. The monoisotopic (exact) mass is 378 g/mol. The van der Waals surface area contributed by atoms with Gasteiger partial charge < -0.3 is 10.1 Å². The van der Waals surface area contributed by atoms with Gasteiger partial charge in [-0.3, -0.25) is 4.79 Å². The highest BCUT2D eigenvalue weighted by atomic mass is 19.4. The lowest BCUT2D eigenvalue weighted by atomic mass is 10.2. The predicted octanol–water partition coefficient (Wildman–Crippen LogP) is 1.93. The zero-order valence-electron chi connectivity index (χ0n) is 13.7. The Bertz CT molecular complexity index is 897. The van der Waals surface area contributed by atoms with Crippen LogP contribution in [0.2, 0.25) is 0 Å². The number of pyridine rings is 2. The Kier molecular flexibility index (Phi) is 5.29. The van der Waals surface area contributed by atoms with E-state index in [2.05, 4.69) is 30.1 Å². The second kappa shape index (κ2) is 7.81. The van der Waals surface area contributed by atoms with Crippen LogP contribution in [-0.4, -0.2) is 43.4 Å². The molecule has 0 spiro atoms. The zero-order valence-corrected chi connectivity index (χ0v) is 13.7. The molecule has 0 aromatic carbocycles. The summed E-state index contributed by atoms with van der Waals surface area (Å²) in [5.41, 5.74) is 0.600. The average Bonchev–Trinajstić information content (AvgIpc) is 3.19. The van der Waals surface area contributed by atoms with Crippen molar-refractivity contribution < 1.29 is 22.7 Å². The second-order valence-corrected chi connectivity index (χ2v) is 5.31. The van der Waals surface area contributed by atoms with Crippen LogP contribution in [-0.2, 0) is 6.54 Å². The van der Waals surface area contributed by atoms with Gasteiger partial charge in [-0.25, -0.2) is 19.6 Å². The molecule has 8 nitrogen and oxygen atoms in total. The number of halogens is 3. The number of hydrogen-bond acceptors (Lipinski definition) is 6. The molecule has 0 atom stereocenters. The summed E-state index contributed by atoms with van der Waals surface area (Å²) in [7, 11) is 0. The molecule has 0 fully saturated rings. The summed E-state index contributed by atoms with van der Waals surface area (Å²) in [5.74, 6) is -0.440. The molecule has 0 aliphatic carbocycles. The van der Waals surface area contributed by atoms with Crippen LogP contribution < -0.4 is 10.1 Å². The number of ether oxygens (including phenoxy) is 1. The topological polar surface area (TPSA) is 94.8 Å². The van der Waals surface area contributed by atoms with Gasteiger partial charge in [0.15, 0.2) is 12.4 Å². The molecule has 0 radical (unpaired) electrons. The highest BCUT2D eigenvalue weighted by Gasteiger charge is 2.29. The summed E-state index contributed by atoms with van der Waals surface area (Å²) in [6.07, 6.45) is 1.14. The van der Waals surface area contributed by atoms with Crippen molar-refractivity contribution in [3.8, 4) is 11.7 Å². The summed E-state index contributed by atoms with van der Waals surface area (Å²) in [6.45, 7) is -1.41. The molecule has 3 aromatic heterocycles. The molecule has 0 saturated carbocycles. The van der Waals surface area contributed by atoms with Crippen LogP contribution in [0.4, 0.5) is 13.2 Å². The first-order chi connectivity index (χ1) is 12.9. The van der Waals surface area contributed by atoms with Crippen LogP contribution in [0.1, 0.15) is 15.9 Å². The highest BCUT2D eigenvalue weighted by Crippen LogP contribution is 2.20. The quantitative estimate of drug-likeness (QED) is 0.704. The maximum atomic E-state index is 12.3. The number of nitrogens with zero attached hydrogens (tertiary/aromatic N) is 5. The van der Waals surface area contributed by atoms with E-state index in [1.807, 2.05) is 0 Å². The first-order valence-corrected chi connectivity index (χ1v) is 7.65. The number of carbonyl (C=O) groups is 1. The van der Waals surface area contributed by atoms with Crippen molar-refractivity contribution in [3.05, 3.63) is 60.4 Å². The van der Waals surface area contributed by atoms with Gasteiger partial charge in [0.25, 0.3) is 5.91 Å². The van der Waals surface area contributed by atoms with Gasteiger partial charge in [-0.2, -0.15) is 18.3 Å². The summed E-state index contributed by atoms with van der Waals surface area (Å²) < 4.78 is 43.0. The minimum absolute atomic E-state index is 0.0889. The Hall–Kier alpha value is -3.50. The fourth-order valence-corrected chi connectivity index (χ4v) is 2.09. The van der Waals surface area contributed by atoms with E-state index in [0.29, 0.717) is 11.4 Å². The first kappa shape index (κ1) is 18.3. The van der Waals surface area contributed by atoms with E-state index in [0.717, 1.165) is 0 Å². The molecule has 1 N–H and O–H groups in total. The molecular weight excluding hydrogens is 365 g/mol. The van der Waals surface area contributed by atoms with Crippen LogP contribution in [0, 0.1) is 0 Å². The van der Waals surface area contributed by atoms with Crippen LogP contribution >= 0.6 is 0 Å². The third-order valence-corrected chi connectivity index (χ3v) is 3.30. The van der Waals surface area contributed by atoms with Gasteiger partial charge in [-0.15, -0.1) is 0 Å². The number of aromatic nitrogens is 5. The molecule has 0 unspecified atom stereocenters. The number of amides is 1. The molecule has 140 valence electrons. The normalized spacial score (nSPS) is 11.2. The Morgan fingerprint density at radius 3 is 2.74 bits per heavy atom. The number of nitrogens with one attached hydrogen (secondary N) is 1. The third kappa shape index (κ3) is 5.00. The highest BCUT2D eigenvalue weighted by molar-refractivity contribution is 5.96. The van der Waals surface area contributed by atoms with Crippen LogP contribution in [0.25, 0.3) is 5.82 Å². The second-order valence-electron chi connectivity index (χ2n) is 5.31. The SMILES string of the molecule is O=C(NCc1ccc(-n2cncn2)nc1)c1cccnc1OCC(F)(F)F. The van der Waals surface area contributed by atoms with Crippen molar-refractivity contribution in [2.45, 2.75) is 12.7 Å². The molecular formula is C16H13F3N6O2. The molecule has 1 amide bonds. The van der Waals surface area contributed by atoms with Crippen molar-refractivity contribution in [1.82, 2.24) is 30.0 Å². The number of alkyl halides is 3. The molecule has 3 heterocycles. The lowest BCUT2D eigenvalue weighted by Crippen LogP contribution is -2.25. The van der Waals surface area contributed by atoms with E-state index in [9.17, 15) is 18.0 Å². The number of rotatable bonds is 6. The lowest BCUT2D eigenvalue weighted by molar-refractivity contribution is -0.154.